The van der Waals surface area contributed by atoms with Gasteiger partial charge < -0.3 is 0 Å². The molecule has 2 aliphatic carbocycles. The van der Waals surface area contributed by atoms with Crippen molar-refractivity contribution in [1.29, 1.82) is 0 Å². The summed E-state index contributed by atoms with van der Waals surface area (Å²) in [5.41, 5.74) is 1.57. The van der Waals surface area contributed by atoms with Gasteiger partial charge in [0.15, 0.2) is 0 Å². The van der Waals surface area contributed by atoms with E-state index in [2.05, 4.69) is 6.58 Å². The Morgan fingerprint density at radius 1 is 1.00 bits per heavy atom. The van der Waals surface area contributed by atoms with E-state index in [1.54, 1.807) is 5.57 Å². The molecule has 2 aliphatic rings. The van der Waals surface area contributed by atoms with Gasteiger partial charge in [-0.25, -0.2) is 0 Å². The minimum absolute atomic E-state index is 0.928. The molecule has 2 fully saturated rings. The summed E-state index contributed by atoms with van der Waals surface area (Å²) in [4.78, 5) is 0. The van der Waals surface area contributed by atoms with Gasteiger partial charge in [0.05, 0.1) is 0 Å². The Hall–Kier alpha value is -0.260. The summed E-state index contributed by atoms with van der Waals surface area (Å²) in [5.74, 6) is 1.96. The standard InChI is InChI=1S/C11H18/c1-9-7-8-10-5-3-2-4-6-11(9)10/h10-11H,1-8H2. The van der Waals surface area contributed by atoms with E-state index >= 15 is 0 Å². The fourth-order valence-corrected chi connectivity index (χ4v) is 2.82. The molecule has 0 heterocycles. The summed E-state index contributed by atoms with van der Waals surface area (Å²) in [7, 11) is 0. The van der Waals surface area contributed by atoms with Crippen molar-refractivity contribution in [2.24, 2.45) is 11.8 Å². The first kappa shape index (κ1) is 7.39. The van der Waals surface area contributed by atoms with E-state index in [-0.39, 0.29) is 0 Å². The van der Waals surface area contributed by atoms with Gasteiger partial charge in [0.2, 0.25) is 0 Å². The molecule has 0 bridgehead atoms. The molecule has 0 nitrogen and oxygen atoms in total. The number of rotatable bonds is 0. The van der Waals surface area contributed by atoms with Gasteiger partial charge in [-0.1, -0.05) is 31.4 Å². The Balaban J connectivity index is 2.06. The average Bonchev–Trinajstić information content (AvgIpc) is 2.25. The Morgan fingerprint density at radius 3 is 2.73 bits per heavy atom. The molecule has 0 N–H and O–H groups in total. The predicted octanol–water partition coefficient (Wildman–Crippen LogP) is 3.53. The van der Waals surface area contributed by atoms with Crippen molar-refractivity contribution < 1.29 is 0 Å². The molecule has 11 heavy (non-hydrogen) atoms. The Bertz CT molecular complexity index is 157. The molecule has 2 atom stereocenters. The maximum Gasteiger partial charge on any atom is -0.0177 e. The number of allylic oxidation sites excluding steroid dienone is 1. The maximum absolute atomic E-state index is 4.18. The number of fused-ring (bicyclic) bond motifs is 1. The molecule has 0 aliphatic heterocycles. The molecule has 62 valence electrons. The van der Waals surface area contributed by atoms with Crippen LogP contribution >= 0.6 is 0 Å². The third-order valence-corrected chi connectivity index (χ3v) is 3.52. The lowest BCUT2D eigenvalue weighted by molar-refractivity contribution is 0.399. The van der Waals surface area contributed by atoms with Crippen molar-refractivity contribution in [2.75, 3.05) is 0 Å². The van der Waals surface area contributed by atoms with Crippen molar-refractivity contribution >= 4 is 0 Å². The topological polar surface area (TPSA) is 0 Å². The highest BCUT2D eigenvalue weighted by atomic mass is 14.4. The minimum Gasteiger partial charge on any atom is -0.0996 e. The van der Waals surface area contributed by atoms with Crippen LogP contribution in [0.3, 0.4) is 0 Å². The average molecular weight is 150 g/mol. The molecule has 2 unspecified atom stereocenters. The van der Waals surface area contributed by atoms with Crippen molar-refractivity contribution in [3.05, 3.63) is 12.2 Å². The van der Waals surface area contributed by atoms with Crippen LogP contribution in [-0.2, 0) is 0 Å². The molecule has 2 saturated carbocycles. The van der Waals surface area contributed by atoms with Gasteiger partial charge in [-0.05, 0) is 37.5 Å². The molecule has 0 aromatic carbocycles. The highest BCUT2D eigenvalue weighted by Gasteiger charge is 2.30. The SMILES string of the molecule is C=C1CCC2CCCCCC12. The van der Waals surface area contributed by atoms with Crippen LogP contribution in [0.25, 0.3) is 0 Å². The monoisotopic (exact) mass is 150 g/mol. The van der Waals surface area contributed by atoms with E-state index in [1.165, 1.54) is 44.9 Å². The van der Waals surface area contributed by atoms with Crippen LogP contribution in [0.1, 0.15) is 44.9 Å². The van der Waals surface area contributed by atoms with E-state index in [9.17, 15) is 0 Å². The van der Waals surface area contributed by atoms with Crippen molar-refractivity contribution in [2.45, 2.75) is 44.9 Å². The van der Waals surface area contributed by atoms with Gasteiger partial charge in [-0.3, -0.25) is 0 Å². The highest BCUT2D eigenvalue weighted by molar-refractivity contribution is 5.09. The van der Waals surface area contributed by atoms with Crippen molar-refractivity contribution in [3.8, 4) is 0 Å². The minimum atomic E-state index is 0.928. The van der Waals surface area contributed by atoms with Gasteiger partial charge in [0.1, 0.15) is 0 Å². The van der Waals surface area contributed by atoms with Gasteiger partial charge >= 0.3 is 0 Å². The van der Waals surface area contributed by atoms with Crippen LogP contribution in [0.2, 0.25) is 0 Å². The highest BCUT2D eigenvalue weighted by Crippen LogP contribution is 2.43. The molecule has 0 spiro atoms. The van der Waals surface area contributed by atoms with Gasteiger partial charge in [0, 0.05) is 0 Å². The summed E-state index contributed by atoms with van der Waals surface area (Å²) in [6.07, 6.45) is 10.1. The van der Waals surface area contributed by atoms with Crippen molar-refractivity contribution in [3.63, 3.8) is 0 Å². The largest absolute Gasteiger partial charge is 0.0996 e. The summed E-state index contributed by atoms with van der Waals surface area (Å²) < 4.78 is 0. The Morgan fingerprint density at radius 2 is 1.82 bits per heavy atom. The summed E-state index contributed by atoms with van der Waals surface area (Å²) in [6, 6.07) is 0. The van der Waals surface area contributed by atoms with E-state index in [0.717, 1.165) is 11.8 Å². The lowest BCUT2D eigenvalue weighted by Crippen LogP contribution is -2.05. The summed E-state index contributed by atoms with van der Waals surface area (Å²) >= 11 is 0. The second-order valence-electron chi connectivity index (χ2n) is 4.20. The van der Waals surface area contributed by atoms with E-state index in [4.69, 9.17) is 0 Å². The van der Waals surface area contributed by atoms with E-state index in [0.29, 0.717) is 0 Å². The molecule has 0 aromatic heterocycles. The number of hydrogen-bond acceptors (Lipinski definition) is 0. The maximum atomic E-state index is 4.18. The lowest BCUT2D eigenvalue weighted by Gasteiger charge is -2.15. The molecule has 0 aromatic rings. The normalized spacial score (nSPS) is 38.4. The molecular formula is C11H18. The second kappa shape index (κ2) is 3.00. The molecule has 0 heteroatoms. The first-order valence-electron chi connectivity index (χ1n) is 5.05. The van der Waals surface area contributed by atoms with E-state index < -0.39 is 0 Å². The van der Waals surface area contributed by atoms with Crippen LogP contribution in [0.4, 0.5) is 0 Å². The smallest absolute Gasteiger partial charge is 0.0177 e. The van der Waals surface area contributed by atoms with Crippen LogP contribution in [-0.4, -0.2) is 0 Å². The van der Waals surface area contributed by atoms with Gasteiger partial charge in [-0.15, -0.1) is 0 Å². The van der Waals surface area contributed by atoms with Crippen LogP contribution in [0, 0.1) is 11.8 Å². The first-order chi connectivity index (χ1) is 5.38. The summed E-state index contributed by atoms with van der Waals surface area (Å²) in [6.45, 7) is 4.18. The van der Waals surface area contributed by atoms with E-state index in [1.807, 2.05) is 0 Å². The van der Waals surface area contributed by atoms with Crippen LogP contribution in [0.15, 0.2) is 12.2 Å². The molecular weight excluding hydrogens is 132 g/mol. The molecule has 0 saturated heterocycles. The molecule has 0 amide bonds. The Kier molecular flexibility index (Phi) is 2.02. The van der Waals surface area contributed by atoms with Gasteiger partial charge in [0.25, 0.3) is 0 Å². The Labute approximate surface area is 69.7 Å². The first-order valence-corrected chi connectivity index (χ1v) is 5.05. The quantitative estimate of drug-likeness (QED) is 0.463. The zero-order valence-corrected chi connectivity index (χ0v) is 7.31. The molecule has 0 radical (unpaired) electrons. The number of hydrogen-bond donors (Lipinski definition) is 0. The third-order valence-electron chi connectivity index (χ3n) is 3.52. The van der Waals surface area contributed by atoms with Crippen LogP contribution < -0.4 is 0 Å². The summed E-state index contributed by atoms with van der Waals surface area (Å²) in [5, 5.41) is 0. The van der Waals surface area contributed by atoms with Crippen LogP contribution in [0.5, 0.6) is 0 Å². The third kappa shape index (κ3) is 1.36. The second-order valence-corrected chi connectivity index (χ2v) is 4.20. The fraction of sp³-hybridized carbons (Fsp3) is 0.818. The van der Waals surface area contributed by atoms with Crippen molar-refractivity contribution in [1.82, 2.24) is 0 Å². The zero-order chi connectivity index (χ0) is 7.68. The lowest BCUT2D eigenvalue weighted by atomic mass is 9.90. The molecule has 2 rings (SSSR count). The zero-order valence-electron chi connectivity index (χ0n) is 7.31. The predicted molar refractivity (Wildman–Crippen MR) is 48.4 cm³/mol. The van der Waals surface area contributed by atoms with Gasteiger partial charge in [-0.2, -0.15) is 0 Å². The fourth-order valence-electron chi connectivity index (χ4n) is 2.82.